The normalized spacial score (nSPS) is 10.6. The summed E-state index contributed by atoms with van der Waals surface area (Å²) in [5.41, 5.74) is 6.28. The molecular formula is C9H9BrN2O2. The maximum atomic E-state index is 10.2. The van der Waals surface area contributed by atoms with Crippen LogP contribution < -0.4 is 5.73 Å². The highest BCUT2D eigenvalue weighted by Crippen LogP contribution is 2.16. The van der Waals surface area contributed by atoms with Gasteiger partial charge in [0, 0.05) is 16.2 Å². The Morgan fingerprint density at radius 3 is 3.07 bits per heavy atom. The van der Waals surface area contributed by atoms with E-state index in [9.17, 15) is 4.79 Å². The van der Waals surface area contributed by atoms with E-state index in [4.69, 9.17) is 10.8 Å². The van der Waals surface area contributed by atoms with E-state index in [0.29, 0.717) is 11.4 Å². The summed E-state index contributed by atoms with van der Waals surface area (Å²) in [4.78, 5) is 14.1. The first kappa shape index (κ1) is 10.7. The summed E-state index contributed by atoms with van der Waals surface area (Å²) in [7, 11) is 0. The molecule has 4 nitrogen and oxygen atoms in total. The Morgan fingerprint density at radius 1 is 1.71 bits per heavy atom. The number of hydrogen-bond acceptors (Lipinski definition) is 3. The first-order valence-electron chi connectivity index (χ1n) is 3.89. The van der Waals surface area contributed by atoms with Gasteiger partial charge < -0.3 is 10.8 Å². The summed E-state index contributed by atoms with van der Waals surface area (Å²) in [5.74, 6) is -0.488. The Kier molecular flexibility index (Phi) is 3.64. The Morgan fingerprint density at radius 2 is 2.43 bits per heavy atom. The highest BCUT2D eigenvalue weighted by molar-refractivity contribution is 9.10. The predicted octanol–water partition coefficient (Wildman–Crippen LogP) is 1.91. The number of carboxylic acid groups (broad SMARTS) is 1. The van der Waals surface area contributed by atoms with Crippen LogP contribution in [-0.2, 0) is 4.79 Å². The van der Waals surface area contributed by atoms with Gasteiger partial charge in [-0.3, -0.25) is 4.79 Å². The predicted molar refractivity (Wildman–Crippen MR) is 57.6 cm³/mol. The molecule has 0 saturated heterocycles. The van der Waals surface area contributed by atoms with Crippen molar-refractivity contribution in [2.24, 2.45) is 0 Å². The SMILES string of the molecule is Nc1ncc(Br)cc1C=CCC(=O)O. The number of rotatable bonds is 3. The van der Waals surface area contributed by atoms with E-state index >= 15 is 0 Å². The maximum absolute atomic E-state index is 10.2. The molecule has 3 N–H and O–H groups in total. The minimum Gasteiger partial charge on any atom is -0.481 e. The summed E-state index contributed by atoms with van der Waals surface area (Å²) in [6, 6.07) is 1.78. The maximum Gasteiger partial charge on any atom is 0.307 e. The van der Waals surface area contributed by atoms with Gasteiger partial charge in [-0.05, 0) is 22.0 Å². The molecule has 0 aliphatic heterocycles. The second kappa shape index (κ2) is 4.76. The van der Waals surface area contributed by atoms with E-state index in [2.05, 4.69) is 20.9 Å². The number of aliphatic carboxylic acids is 1. The fourth-order valence-corrected chi connectivity index (χ4v) is 1.23. The Balaban J connectivity index is 2.80. The molecule has 0 saturated carbocycles. The molecule has 1 heterocycles. The van der Waals surface area contributed by atoms with E-state index in [0.717, 1.165) is 4.47 Å². The molecule has 14 heavy (non-hydrogen) atoms. The number of carbonyl (C=O) groups is 1. The molecular weight excluding hydrogens is 248 g/mol. The van der Waals surface area contributed by atoms with Crippen LogP contribution in [0.4, 0.5) is 5.82 Å². The quantitative estimate of drug-likeness (QED) is 0.867. The molecule has 0 aliphatic carbocycles. The number of halogens is 1. The molecule has 0 radical (unpaired) electrons. The van der Waals surface area contributed by atoms with Crippen LogP contribution in [0.15, 0.2) is 22.8 Å². The molecule has 0 atom stereocenters. The zero-order chi connectivity index (χ0) is 10.6. The van der Waals surface area contributed by atoms with Crippen molar-refractivity contribution in [3.8, 4) is 0 Å². The van der Waals surface area contributed by atoms with Crippen molar-refractivity contribution >= 4 is 33.8 Å². The van der Waals surface area contributed by atoms with Crippen molar-refractivity contribution in [1.29, 1.82) is 0 Å². The van der Waals surface area contributed by atoms with Gasteiger partial charge in [0.15, 0.2) is 0 Å². The topological polar surface area (TPSA) is 76.2 Å². The lowest BCUT2D eigenvalue weighted by Gasteiger charge is -1.98. The van der Waals surface area contributed by atoms with Gasteiger partial charge in [0.25, 0.3) is 0 Å². The second-order valence-electron chi connectivity index (χ2n) is 2.63. The third-order valence-corrected chi connectivity index (χ3v) is 1.94. The van der Waals surface area contributed by atoms with Crippen LogP contribution >= 0.6 is 15.9 Å². The van der Waals surface area contributed by atoms with E-state index in [1.165, 1.54) is 6.08 Å². The molecule has 5 heteroatoms. The number of hydrogen-bond donors (Lipinski definition) is 2. The molecule has 0 bridgehead atoms. The number of pyridine rings is 1. The molecule has 0 spiro atoms. The Hall–Kier alpha value is -1.36. The molecule has 0 aliphatic rings. The number of nitrogen functional groups attached to an aromatic ring is 1. The summed E-state index contributed by atoms with van der Waals surface area (Å²) in [6.07, 6.45) is 4.74. The van der Waals surface area contributed by atoms with E-state index in [1.54, 1.807) is 18.3 Å². The monoisotopic (exact) mass is 256 g/mol. The van der Waals surface area contributed by atoms with Crippen LogP contribution in [-0.4, -0.2) is 16.1 Å². The Labute approximate surface area is 89.6 Å². The first-order valence-corrected chi connectivity index (χ1v) is 4.68. The summed E-state index contributed by atoms with van der Waals surface area (Å²) in [5, 5.41) is 8.41. The highest BCUT2D eigenvalue weighted by atomic mass is 79.9. The lowest BCUT2D eigenvalue weighted by molar-refractivity contribution is -0.135. The van der Waals surface area contributed by atoms with Gasteiger partial charge in [0.05, 0.1) is 6.42 Å². The minimum absolute atomic E-state index is 0.0219. The van der Waals surface area contributed by atoms with E-state index < -0.39 is 5.97 Å². The van der Waals surface area contributed by atoms with Crippen molar-refractivity contribution in [1.82, 2.24) is 4.98 Å². The van der Waals surface area contributed by atoms with Gasteiger partial charge in [0.2, 0.25) is 0 Å². The summed E-state index contributed by atoms with van der Waals surface area (Å²) < 4.78 is 0.807. The number of nitrogens with two attached hydrogens (primary N) is 1. The van der Waals surface area contributed by atoms with Crippen LogP contribution in [0.5, 0.6) is 0 Å². The summed E-state index contributed by atoms with van der Waals surface area (Å²) in [6.45, 7) is 0. The van der Waals surface area contributed by atoms with Crippen LogP contribution in [0.25, 0.3) is 6.08 Å². The lowest BCUT2D eigenvalue weighted by Crippen LogP contribution is -1.94. The molecule has 0 unspecified atom stereocenters. The second-order valence-corrected chi connectivity index (χ2v) is 3.54. The zero-order valence-electron chi connectivity index (χ0n) is 7.27. The lowest BCUT2D eigenvalue weighted by atomic mass is 10.2. The largest absolute Gasteiger partial charge is 0.481 e. The van der Waals surface area contributed by atoms with Crippen molar-refractivity contribution in [2.75, 3.05) is 5.73 Å². The van der Waals surface area contributed by atoms with Crippen LogP contribution in [0, 0.1) is 0 Å². The average Bonchev–Trinajstić information content (AvgIpc) is 2.10. The third-order valence-electron chi connectivity index (χ3n) is 1.51. The Bertz CT molecular complexity index is 377. The number of nitrogens with zero attached hydrogens (tertiary/aromatic N) is 1. The summed E-state index contributed by atoms with van der Waals surface area (Å²) >= 11 is 3.25. The molecule has 74 valence electrons. The number of anilines is 1. The van der Waals surface area contributed by atoms with Gasteiger partial charge in [0.1, 0.15) is 5.82 Å². The van der Waals surface area contributed by atoms with Crippen LogP contribution in [0.3, 0.4) is 0 Å². The fourth-order valence-electron chi connectivity index (χ4n) is 0.886. The van der Waals surface area contributed by atoms with Gasteiger partial charge >= 0.3 is 5.97 Å². The standard InChI is InChI=1S/C9H9BrN2O2/c10-7-4-6(9(11)12-5-7)2-1-3-8(13)14/h1-2,4-5H,3H2,(H2,11,12)(H,13,14). The minimum atomic E-state index is -0.872. The van der Waals surface area contributed by atoms with Crippen molar-refractivity contribution < 1.29 is 9.90 Å². The zero-order valence-corrected chi connectivity index (χ0v) is 8.86. The number of carboxylic acids is 1. The third kappa shape index (κ3) is 3.18. The molecule has 0 aromatic carbocycles. The molecule has 1 aromatic heterocycles. The number of aromatic nitrogens is 1. The van der Waals surface area contributed by atoms with Crippen molar-refractivity contribution in [2.45, 2.75) is 6.42 Å². The highest BCUT2D eigenvalue weighted by Gasteiger charge is 1.97. The van der Waals surface area contributed by atoms with Gasteiger partial charge in [-0.15, -0.1) is 0 Å². The molecule has 0 amide bonds. The molecule has 0 fully saturated rings. The van der Waals surface area contributed by atoms with E-state index in [-0.39, 0.29) is 6.42 Å². The van der Waals surface area contributed by atoms with Gasteiger partial charge in [-0.2, -0.15) is 0 Å². The molecule has 1 rings (SSSR count). The smallest absolute Gasteiger partial charge is 0.307 e. The van der Waals surface area contributed by atoms with E-state index in [1.807, 2.05) is 0 Å². The first-order chi connectivity index (χ1) is 6.59. The average molecular weight is 257 g/mol. The van der Waals surface area contributed by atoms with Crippen molar-refractivity contribution in [3.05, 3.63) is 28.4 Å². The van der Waals surface area contributed by atoms with Crippen LogP contribution in [0.1, 0.15) is 12.0 Å². The fraction of sp³-hybridized carbons (Fsp3) is 0.111. The van der Waals surface area contributed by atoms with Gasteiger partial charge in [-0.1, -0.05) is 12.2 Å². The van der Waals surface area contributed by atoms with Crippen LogP contribution in [0.2, 0.25) is 0 Å². The van der Waals surface area contributed by atoms with Crippen molar-refractivity contribution in [3.63, 3.8) is 0 Å². The van der Waals surface area contributed by atoms with Gasteiger partial charge in [-0.25, -0.2) is 4.98 Å². The molecule has 1 aromatic rings.